The fraction of sp³-hybridized carbons (Fsp3) is 0.783. The fourth-order valence-corrected chi connectivity index (χ4v) is 4.68. The topological polar surface area (TPSA) is 131 Å². The van der Waals surface area contributed by atoms with Gasteiger partial charge in [0.25, 0.3) is 0 Å². The second kappa shape index (κ2) is 10.8. The molecule has 5 atom stereocenters. The lowest BCUT2D eigenvalue weighted by atomic mass is 9.84. The van der Waals surface area contributed by atoms with Gasteiger partial charge < -0.3 is 20.9 Å². The molecule has 2 saturated heterocycles. The van der Waals surface area contributed by atoms with Crippen LogP contribution in [0.1, 0.15) is 53.9 Å². The standard InChI is InChI=1S/C23H34F3N5O4/c1-12(2)15-7-9-31(20(34)17(22(3,4)5)30-21(35)23(24,25)26)16(15)19(33)29-14(11-27)10-13-6-8-28-18(13)32/h12-17H,6-10H2,1-5H3,(H,28,32)(H,29,33)(H,30,35)/t13-,14-,15?,16?,17+/m0/s1. The van der Waals surface area contributed by atoms with Gasteiger partial charge in [-0.25, -0.2) is 0 Å². The van der Waals surface area contributed by atoms with Gasteiger partial charge in [-0.15, -0.1) is 0 Å². The highest BCUT2D eigenvalue weighted by molar-refractivity contribution is 5.94. The number of carbonyl (C=O) groups is 4. The largest absolute Gasteiger partial charge is 0.471 e. The molecule has 0 radical (unpaired) electrons. The van der Waals surface area contributed by atoms with Gasteiger partial charge in [-0.3, -0.25) is 19.2 Å². The highest BCUT2D eigenvalue weighted by Crippen LogP contribution is 2.34. The number of carbonyl (C=O) groups excluding carboxylic acids is 4. The van der Waals surface area contributed by atoms with Crippen LogP contribution in [0.5, 0.6) is 0 Å². The van der Waals surface area contributed by atoms with E-state index in [9.17, 15) is 37.6 Å². The number of halogens is 3. The Labute approximate surface area is 203 Å². The summed E-state index contributed by atoms with van der Waals surface area (Å²) in [6.07, 6.45) is -4.07. The van der Waals surface area contributed by atoms with Crippen LogP contribution in [0.3, 0.4) is 0 Å². The SMILES string of the molecule is CC(C)C1CCN(C(=O)[C@@H](NC(=O)C(F)(F)F)C(C)(C)C)C1C(=O)N[C@H](C#N)C[C@@H]1CCNC1=O. The lowest BCUT2D eigenvalue weighted by Gasteiger charge is -2.37. The van der Waals surface area contributed by atoms with E-state index in [0.29, 0.717) is 19.4 Å². The maximum Gasteiger partial charge on any atom is 0.471 e. The first-order valence-corrected chi connectivity index (χ1v) is 11.7. The zero-order valence-electron chi connectivity index (χ0n) is 20.7. The molecule has 0 bridgehead atoms. The van der Waals surface area contributed by atoms with Crippen molar-refractivity contribution in [1.82, 2.24) is 20.9 Å². The van der Waals surface area contributed by atoms with Crippen molar-refractivity contribution in [2.75, 3.05) is 13.1 Å². The third-order valence-electron chi connectivity index (χ3n) is 6.65. The molecule has 0 saturated carbocycles. The van der Waals surface area contributed by atoms with Gasteiger partial charge in [-0.1, -0.05) is 34.6 Å². The van der Waals surface area contributed by atoms with Gasteiger partial charge in [0, 0.05) is 19.0 Å². The summed E-state index contributed by atoms with van der Waals surface area (Å²) in [5.74, 6) is -4.56. The second-order valence-electron chi connectivity index (χ2n) is 10.6. The van der Waals surface area contributed by atoms with Crippen molar-refractivity contribution < 1.29 is 32.3 Å². The van der Waals surface area contributed by atoms with Crippen molar-refractivity contribution in [3.63, 3.8) is 0 Å². The minimum Gasteiger partial charge on any atom is -0.356 e. The van der Waals surface area contributed by atoms with E-state index < -0.39 is 53.4 Å². The van der Waals surface area contributed by atoms with Crippen LogP contribution in [0.2, 0.25) is 0 Å². The molecular formula is C23H34F3N5O4. The van der Waals surface area contributed by atoms with Crippen molar-refractivity contribution in [3.8, 4) is 6.07 Å². The minimum absolute atomic E-state index is 0.0393. The molecular weight excluding hydrogens is 467 g/mol. The average molecular weight is 502 g/mol. The maximum atomic E-state index is 13.5. The molecule has 2 aliphatic heterocycles. The van der Waals surface area contributed by atoms with E-state index in [2.05, 4.69) is 10.6 Å². The number of nitrogens with zero attached hydrogens (tertiary/aromatic N) is 2. The first kappa shape index (κ1) is 28.4. The zero-order chi connectivity index (χ0) is 26.7. The van der Waals surface area contributed by atoms with E-state index in [-0.39, 0.29) is 30.7 Å². The van der Waals surface area contributed by atoms with Crippen molar-refractivity contribution in [1.29, 1.82) is 5.26 Å². The van der Waals surface area contributed by atoms with Crippen molar-refractivity contribution >= 4 is 23.6 Å². The Hall–Kier alpha value is -2.84. The normalized spacial score (nSPS) is 24.5. The Morgan fingerprint density at radius 1 is 1.17 bits per heavy atom. The average Bonchev–Trinajstić information content (AvgIpc) is 3.35. The van der Waals surface area contributed by atoms with Gasteiger partial charge >= 0.3 is 12.1 Å². The quantitative estimate of drug-likeness (QED) is 0.486. The molecule has 0 spiro atoms. The van der Waals surface area contributed by atoms with Crippen LogP contribution in [-0.4, -0.2) is 65.9 Å². The number of amides is 4. The lowest BCUT2D eigenvalue weighted by Crippen LogP contribution is -2.60. The van der Waals surface area contributed by atoms with E-state index in [1.54, 1.807) is 5.32 Å². The maximum absolute atomic E-state index is 13.5. The Morgan fingerprint density at radius 3 is 2.26 bits per heavy atom. The smallest absolute Gasteiger partial charge is 0.356 e. The predicted octanol–water partition coefficient (Wildman–Crippen LogP) is 1.49. The Kier molecular flexibility index (Phi) is 8.79. The summed E-state index contributed by atoms with van der Waals surface area (Å²) in [6.45, 7) is 8.93. The van der Waals surface area contributed by atoms with Crippen molar-refractivity contribution in [2.45, 2.75) is 78.2 Å². The van der Waals surface area contributed by atoms with Gasteiger partial charge in [0.05, 0.1) is 6.07 Å². The molecule has 35 heavy (non-hydrogen) atoms. The fourth-order valence-electron chi connectivity index (χ4n) is 4.68. The molecule has 2 unspecified atom stereocenters. The van der Waals surface area contributed by atoms with Crippen LogP contribution < -0.4 is 16.0 Å². The molecule has 2 heterocycles. The third kappa shape index (κ3) is 6.86. The number of hydrogen-bond acceptors (Lipinski definition) is 5. The predicted molar refractivity (Wildman–Crippen MR) is 119 cm³/mol. The van der Waals surface area contributed by atoms with Crippen molar-refractivity contribution in [2.24, 2.45) is 23.2 Å². The molecule has 12 heteroatoms. The third-order valence-corrected chi connectivity index (χ3v) is 6.65. The Balaban J connectivity index is 2.28. The van der Waals surface area contributed by atoms with E-state index >= 15 is 0 Å². The second-order valence-corrected chi connectivity index (χ2v) is 10.6. The van der Waals surface area contributed by atoms with Gasteiger partial charge in [0.15, 0.2) is 0 Å². The Morgan fingerprint density at radius 2 is 1.80 bits per heavy atom. The highest BCUT2D eigenvalue weighted by Gasteiger charge is 2.49. The van der Waals surface area contributed by atoms with E-state index in [1.807, 2.05) is 19.9 Å². The highest BCUT2D eigenvalue weighted by atomic mass is 19.4. The summed E-state index contributed by atoms with van der Waals surface area (Å²) in [5, 5.41) is 16.7. The first-order chi connectivity index (χ1) is 16.1. The molecule has 0 aromatic rings. The van der Waals surface area contributed by atoms with Gasteiger partial charge in [-0.05, 0) is 36.5 Å². The first-order valence-electron chi connectivity index (χ1n) is 11.7. The van der Waals surface area contributed by atoms with Crippen LogP contribution in [0.4, 0.5) is 13.2 Å². The van der Waals surface area contributed by atoms with Crippen LogP contribution >= 0.6 is 0 Å². The number of likely N-dealkylation sites (tertiary alicyclic amines) is 1. The summed E-state index contributed by atoms with van der Waals surface area (Å²) in [7, 11) is 0. The molecule has 4 amide bonds. The molecule has 2 aliphatic rings. The summed E-state index contributed by atoms with van der Waals surface area (Å²) < 4.78 is 38.8. The van der Waals surface area contributed by atoms with E-state index in [4.69, 9.17) is 0 Å². The summed E-state index contributed by atoms with van der Waals surface area (Å²) in [4.78, 5) is 51.5. The van der Waals surface area contributed by atoms with Gasteiger partial charge in [-0.2, -0.15) is 18.4 Å². The number of rotatable bonds is 7. The summed E-state index contributed by atoms with van der Waals surface area (Å²) in [6, 6.07) is -1.53. The molecule has 2 fully saturated rings. The molecule has 3 N–H and O–H groups in total. The Bertz CT molecular complexity index is 878. The monoisotopic (exact) mass is 501 g/mol. The molecule has 2 rings (SSSR count). The molecule has 196 valence electrons. The zero-order valence-corrected chi connectivity index (χ0v) is 20.7. The lowest BCUT2D eigenvalue weighted by molar-refractivity contribution is -0.176. The number of nitriles is 1. The van der Waals surface area contributed by atoms with Crippen LogP contribution in [0, 0.1) is 34.5 Å². The molecule has 0 aliphatic carbocycles. The summed E-state index contributed by atoms with van der Waals surface area (Å²) >= 11 is 0. The van der Waals surface area contributed by atoms with Gasteiger partial charge in [0.1, 0.15) is 18.1 Å². The number of alkyl halides is 3. The van der Waals surface area contributed by atoms with E-state index in [1.165, 1.54) is 25.7 Å². The van der Waals surface area contributed by atoms with Gasteiger partial charge in [0.2, 0.25) is 17.7 Å². The van der Waals surface area contributed by atoms with Crippen LogP contribution in [0.25, 0.3) is 0 Å². The molecule has 0 aromatic heterocycles. The summed E-state index contributed by atoms with van der Waals surface area (Å²) in [5.41, 5.74) is -1.07. The van der Waals surface area contributed by atoms with Crippen LogP contribution in [-0.2, 0) is 19.2 Å². The van der Waals surface area contributed by atoms with Crippen molar-refractivity contribution in [3.05, 3.63) is 0 Å². The number of hydrogen-bond donors (Lipinski definition) is 3. The minimum atomic E-state index is -5.17. The molecule has 0 aromatic carbocycles. The number of nitrogens with one attached hydrogen (secondary N) is 3. The van der Waals surface area contributed by atoms with Crippen LogP contribution in [0.15, 0.2) is 0 Å². The van der Waals surface area contributed by atoms with E-state index in [0.717, 1.165) is 0 Å². The molecule has 9 nitrogen and oxygen atoms in total.